The summed E-state index contributed by atoms with van der Waals surface area (Å²) in [7, 11) is 0. The van der Waals surface area contributed by atoms with Gasteiger partial charge in [0.25, 0.3) is 5.91 Å². The number of hydrogen-bond donors (Lipinski definition) is 2. The summed E-state index contributed by atoms with van der Waals surface area (Å²) in [5.74, 6) is 0.129. The van der Waals surface area contributed by atoms with Gasteiger partial charge >= 0.3 is 0 Å². The molecule has 1 saturated heterocycles. The predicted octanol–water partition coefficient (Wildman–Crippen LogP) is 4.44. The van der Waals surface area contributed by atoms with Gasteiger partial charge in [-0.25, -0.2) is 0 Å². The number of hydrogen-bond acceptors (Lipinski definition) is 3. The van der Waals surface area contributed by atoms with Gasteiger partial charge in [-0.15, -0.1) is 0 Å². The van der Waals surface area contributed by atoms with Crippen LogP contribution in [0.1, 0.15) is 48.5 Å². The average molecular weight is 437 g/mol. The lowest BCUT2D eigenvalue weighted by molar-refractivity contribution is 0.0724. The van der Waals surface area contributed by atoms with Crippen LogP contribution in [0.5, 0.6) is 0 Å². The van der Waals surface area contributed by atoms with Crippen molar-refractivity contribution in [3.8, 4) is 0 Å². The van der Waals surface area contributed by atoms with Crippen molar-refractivity contribution in [3.63, 3.8) is 0 Å². The first-order valence-electron chi connectivity index (χ1n) is 11.4. The number of amides is 1. The number of carbonyl (C=O) groups is 1. The normalized spacial score (nSPS) is 17.9. The molecule has 0 saturated carbocycles. The maximum Gasteiger partial charge on any atom is 0.253 e. The molecular formula is C25H32N4OS. The number of anilines is 2. The summed E-state index contributed by atoms with van der Waals surface area (Å²) >= 11 is 5.45. The summed E-state index contributed by atoms with van der Waals surface area (Å²) < 4.78 is 0. The van der Waals surface area contributed by atoms with Gasteiger partial charge in [-0.2, -0.15) is 0 Å². The van der Waals surface area contributed by atoms with Crippen LogP contribution in [0.4, 0.5) is 11.4 Å². The molecule has 0 aromatic heterocycles. The van der Waals surface area contributed by atoms with Gasteiger partial charge in [0.15, 0.2) is 5.11 Å². The minimum absolute atomic E-state index is 0.129. The number of nitrogens with zero attached hydrogens (tertiary/aromatic N) is 2. The van der Waals surface area contributed by atoms with Gasteiger partial charge in [-0.1, -0.05) is 18.2 Å². The molecule has 0 radical (unpaired) electrons. The number of fused-ring (bicyclic) bond motifs is 1. The highest BCUT2D eigenvalue weighted by Gasteiger charge is 2.24. The lowest BCUT2D eigenvalue weighted by Gasteiger charge is -2.26. The Morgan fingerprint density at radius 3 is 2.58 bits per heavy atom. The Hall–Kier alpha value is -2.60. The minimum atomic E-state index is 0.129. The van der Waals surface area contributed by atoms with E-state index in [1.54, 1.807) is 0 Å². The van der Waals surface area contributed by atoms with Crippen molar-refractivity contribution in [2.45, 2.75) is 45.1 Å². The number of piperidine rings is 1. The number of likely N-dealkylation sites (tertiary alicyclic amines) is 1. The molecule has 0 bridgehead atoms. The molecule has 6 heteroatoms. The van der Waals surface area contributed by atoms with E-state index >= 15 is 0 Å². The van der Waals surface area contributed by atoms with Gasteiger partial charge < -0.3 is 20.4 Å². The molecule has 2 aliphatic rings. The minimum Gasteiger partial charge on any atom is -0.368 e. The molecule has 164 valence electrons. The highest BCUT2D eigenvalue weighted by Crippen LogP contribution is 2.31. The van der Waals surface area contributed by atoms with Crippen LogP contribution in [-0.2, 0) is 6.42 Å². The van der Waals surface area contributed by atoms with Crippen LogP contribution >= 0.6 is 12.2 Å². The molecule has 4 rings (SSSR count). The molecule has 5 nitrogen and oxygen atoms in total. The molecule has 2 aromatic rings. The number of rotatable bonds is 6. The van der Waals surface area contributed by atoms with Crippen molar-refractivity contribution >= 4 is 34.6 Å². The zero-order chi connectivity index (χ0) is 21.6. The van der Waals surface area contributed by atoms with Gasteiger partial charge in [0.1, 0.15) is 0 Å². The summed E-state index contributed by atoms with van der Waals surface area (Å²) in [5.41, 5.74) is 4.46. The van der Waals surface area contributed by atoms with Gasteiger partial charge in [-0.3, -0.25) is 4.79 Å². The number of para-hydroxylation sites is 1. The molecule has 0 unspecified atom stereocenters. The van der Waals surface area contributed by atoms with E-state index in [2.05, 4.69) is 46.7 Å². The maximum absolute atomic E-state index is 12.6. The average Bonchev–Trinajstić information content (AvgIpc) is 3.12. The largest absolute Gasteiger partial charge is 0.368 e. The molecule has 1 amide bonds. The summed E-state index contributed by atoms with van der Waals surface area (Å²) in [6.45, 7) is 5.87. The summed E-state index contributed by atoms with van der Waals surface area (Å²) in [6, 6.07) is 16.9. The van der Waals surface area contributed by atoms with Crippen molar-refractivity contribution in [3.05, 3.63) is 59.7 Å². The molecule has 1 fully saturated rings. The highest BCUT2D eigenvalue weighted by molar-refractivity contribution is 7.80. The fourth-order valence-electron chi connectivity index (χ4n) is 4.57. The monoisotopic (exact) mass is 436 g/mol. The number of thiocarbonyl (C=S) groups is 1. The zero-order valence-electron chi connectivity index (χ0n) is 18.3. The van der Waals surface area contributed by atoms with Gasteiger partial charge in [-0.05, 0) is 87.1 Å². The smallest absolute Gasteiger partial charge is 0.253 e. The third kappa shape index (κ3) is 5.37. The summed E-state index contributed by atoms with van der Waals surface area (Å²) in [5, 5.41) is 7.14. The van der Waals surface area contributed by atoms with Crippen molar-refractivity contribution in [1.29, 1.82) is 0 Å². The quantitative estimate of drug-likeness (QED) is 0.518. The highest BCUT2D eigenvalue weighted by atomic mass is 32.1. The molecule has 31 heavy (non-hydrogen) atoms. The van der Waals surface area contributed by atoms with E-state index in [1.807, 2.05) is 29.2 Å². The Balaban J connectivity index is 1.20. The first-order chi connectivity index (χ1) is 15.1. The van der Waals surface area contributed by atoms with Crippen molar-refractivity contribution in [2.75, 3.05) is 36.4 Å². The molecule has 2 aliphatic heterocycles. The Morgan fingerprint density at radius 1 is 1.06 bits per heavy atom. The van der Waals surface area contributed by atoms with Crippen molar-refractivity contribution < 1.29 is 4.79 Å². The molecule has 2 N–H and O–H groups in total. The van der Waals surface area contributed by atoms with Crippen LogP contribution in [0.25, 0.3) is 0 Å². The van der Waals surface area contributed by atoms with E-state index < -0.39 is 0 Å². The summed E-state index contributed by atoms with van der Waals surface area (Å²) in [4.78, 5) is 17.0. The van der Waals surface area contributed by atoms with Crippen LogP contribution in [-0.4, -0.2) is 48.1 Å². The second kappa shape index (κ2) is 10.1. The van der Waals surface area contributed by atoms with Crippen LogP contribution in [0.2, 0.25) is 0 Å². The maximum atomic E-state index is 12.6. The first kappa shape index (κ1) is 21.6. The van der Waals surface area contributed by atoms with Crippen LogP contribution < -0.4 is 15.5 Å². The molecule has 1 atom stereocenters. The predicted molar refractivity (Wildman–Crippen MR) is 132 cm³/mol. The van der Waals surface area contributed by atoms with E-state index in [0.717, 1.165) is 63.1 Å². The number of benzene rings is 2. The fourth-order valence-corrected chi connectivity index (χ4v) is 4.79. The molecule has 2 heterocycles. The molecule has 2 aromatic carbocycles. The van der Waals surface area contributed by atoms with E-state index in [0.29, 0.717) is 11.2 Å². The molecule has 0 aliphatic carbocycles. The van der Waals surface area contributed by atoms with Crippen LogP contribution in [0, 0.1) is 0 Å². The Labute approximate surface area is 190 Å². The van der Waals surface area contributed by atoms with E-state index in [1.165, 1.54) is 17.7 Å². The van der Waals surface area contributed by atoms with E-state index in [-0.39, 0.29) is 5.91 Å². The second-order valence-corrected chi connectivity index (χ2v) is 8.95. The van der Waals surface area contributed by atoms with E-state index in [4.69, 9.17) is 12.2 Å². The Kier molecular flexibility index (Phi) is 7.07. The second-order valence-electron chi connectivity index (χ2n) is 8.54. The van der Waals surface area contributed by atoms with Crippen molar-refractivity contribution in [2.24, 2.45) is 0 Å². The Morgan fingerprint density at radius 2 is 1.81 bits per heavy atom. The Bertz CT molecular complexity index is 908. The van der Waals surface area contributed by atoms with Crippen molar-refractivity contribution in [1.82, 2.24) is 10.2 Å². The first-order valence-corrected chi connectivity index (χ1v) is 11.8. The summed E-state index contributed by atoms with van der Waals surface area (Å²) in [6.07, 6.45) is 5.58. The fraction of sp³-hybridized carbons (Fsp3) is 0.440. The lowest BCUT2D eigenvalue weighted by Crippen LogP contribution is -2.35. The van der Waals surface area contributed by atoms with Crippen LogP contribution in [0.3, 0.4) is 0 Å². The number of nitrogens with one attached hydrogen (secondary N) is 2. The lowest BCUT2D eigenvalue weighted by atomic mass is 10.1. The zero-order valence-corrected chi connectivity index (χ0v) is 19.1. The van der Waals surface area contributed by atoms with Gasteiger partial charge in [0, 0.05) is 49.2 Å². The van der Waals surface area contributed by atoms with Gasteiger partial charge in [0.2, 0.25) is 0 Å². The van der Waals surface area contributed by atoms with Gasteiger partial charge in [0.05, 0.1) is 0 Å². The molecular weight excluding hydrogens is 404 g/mol. The SMILES string of the molecule is C[C@H]1Cc2ccccc2N1CCCNC(=S)Nc1ccc(C(=O)N2CCCCC2)cc1. The topological polar surface area (TPSA) is 47.6 Å². The molecule has 0 spiro atoms. The third-order valence-corrected chi connectivity index (χ3v) is 6.49. The number of carbonyl (C=O) groups excluding carboxylic acids is 1. The van der Waals surface area contributed by atoms with E-state index in [9.17, 15) is 4.79 Å². The van der Waals surface area contributed by atoms with Crippen LogP contribution in [0.15, 0.2) is 48.5 Å². The third-order valence-electron chi connectivity index (χ3n) is 6.24. The standard InChI is InChI=1S/C25H32N4OS/c1-19-18-21-8-3-4-9-23(21)29(19)17-7-14-26-25(31)27-22-12-10-20(11-13-22)24(30)28-15-5-2-6-16-28/h3-4,8-13,19H,2,5-7,14-18H2,1H3,(H2,26,27,31)/t19-/m0/s1.